The monoisotopic (exact) mass is 322 g/mol. The number of carbonyl (C=O) groups excluding carboxylic acids is 1. The van der Waals surface area contributed by atoms with Crippen molar-refractivity contribution in [1.82, 2.24) is 19.4 Å². The Morgan fingerprint density at radius 2 is 1.96 bits per heavy atom. The first kappa shape index (κ1) is 14.7. The molecule has 1 aliphatic heterocycles. The summed E-state index contributed by atoms with van der Waals surface area (Å²) in [5.74, 6) is 1.41. The number of rotatable bonds is 3. The molecule has 1 amide bonds. The molecule has 0 aliphatic carbocycles. The minimum atomic E-state index is 0.0292. The molecule has 122 valence electrons. The number of amides is 1. The predicted molar refractivity (Wildman–Crippen MR) is 90.5 cm³/mol. The topological polar surface area (TPSA) is 60.3 Å². The maximum absolute atomic E-state index is 12.4. The molecule has 1 fully saturated rings. The van der Waals surface area contributed by atoms with Gasteiger partial charge in [0.15, 0.2) is 5.65 Å². The molecule has 1 aliphatic rings. The van der Waals surface area contributed by atoms with E-state index < -0.39 is 0 Å². The van der Waals surface area contributed by atoms with Crippen LogP contribution in [0.15, 0.2) is 42.9 Å². The molecule has 24 heavy (non-hydrogen) atoms. The highest BCUT2D eigenvalue weighted by Gasteiger charge is 2.28. The van der Waals surface area contributed by atoms with E-state index in [9.17, 15) is 4.79 Å². The maximum atomic E-state index is 12.4. The second-order valence-corrected chi connectivity index (χ2v) is 6.19. The summed E-state index contributed by atoms with van der Waals surface area (Å²) < 4.78 is 7.08. The quantitative estimate of drug-likeness (QED) is 0.743. The van der Waals surface area contributed by atoms with Crippen molar-refractivity contribution in [2.75, 3.05) is 20.2 Å². The van der Waals surface area contributed by atoms with Gasteiger partial charge < -0.3 is 9.64 Å². The summed E-state index contributed by atoms with van der Waals surface area (Å²) >= 11 is 0. The van der Waals surface area contributed by atoms with E-state index in [1.165, 1.54) is 0 Å². The molecule has 2 aromatic heterocycles. The van der Waals surface area contributed by atoms with Gasteiger partial charge in [0.2, 0.25) is 0 Å². The molecule has 0 bridgehead atoms. The second kappa shape index (κ2) is 5.63. The lowest BCUT2D eigenvalue weighted by Gasteiger charge is -2.37. The van der Waals surface area contributed by atoms with E-state index in [0.29, 0.717) is 17.0 Å². The largest absolute Gasteiger partial charge is 0.497 e. The molecule has 6 heteroatoms. The van der Waals surface area contributed by atoms with Crippen LogP contribution in [-0.4, -0.2) is 45.5 Å². The van der Waals surface area contributed by atoms with Crippen LogP contribution in [0.25, 0.3) is 16.9 Å². The molecule has 0 unspecified atom stereocenters. The smallest absolute Gasteiger partial charge is 0.255 e. The average Bonchev–Trinajstić information content (AvgIpc) is 3.01. The van der Waals surface area contributed by atoms with E-state index in [0.717, 1.165) is 30.2 Å². The zero-order valence-corrected chi connectivity index (χ0v) is 13.6. The molecule has 1 saturated heterocycles. The number of methoxy groups -OCH3 is 1. The first-order chi connectivity index (χ1) is 11.7. The summed E-state index contributed by atoms with van der Waals surface area (Å²) in [4.78, 5) is 23.1. The van der Waals surface area contributed by atoms with Gasteiger partial charge in [-0.25, -0.2) is 9.97 Å². The molecular weight excluding hydrogens is 304 g/mol. The normalized spacial score (nSPS) is 14.7. The third-order valence-corrected chi connectivity index (χ3v) is 4.34. The Hall–Kier alpha value is -2.89. The van der Waals surface area contributed by atoms with Crippen molar-refractivity contribution in [3.8, 4) is 11.4 Å². The van der Waals surface area contributed by atoms with E-state index in [1.807, 2.05) is 39.8 Å². The summed E-state index contributed by atoms with van der Waals surface area (Å²) in [5, 5.41) is 0. The van der Waals surface area contributed by atoms with Crippen molar-refractivity contribution in [2.45, 2.75) is 6.92 Å². The average molecular weight is 322 g/mol. The molecule has 6 nitrogen and oxygen atoms in total. The molecule has 3 heterocycles. The van der Waals surface area contributed by atoms with Crippen molar-refractivity contribution in [2.24, 2.45) is 5.92 Å². The number of hydrogen-bond donors (Lipinski definition) is 0. The van der Waals surface area contributed by atoms with Crippen LogP contribution in [0.5, 0.6) is 5.75 Å². The van der Waals surface area contributed by atoms with Crippen LogP contribution in [-0.2, 0) is 0 Å². The van der Waals surface area contributed by atoms with Gasteiger partial charge in [0.25, 0.3) is 5.91 Å². The van der Waals surface area contributed by atoms with E-state index in [1.54, 1.807) is 19.6 Å². The highest BCUT2D eigenvalue weighted by molar-refractivity contribution is 5.96. The van der Waals surface area contributed by atoms with Gasteiger partial charge in [0.1, 0.15) is 17.6 Å². The van der Waals surface area contributed by atoms with Gasteiger partial charge in [-0.3, -0.25) is 9.36 Å². The first-order valence-electron chi connectivity index (χ1n) is 7.92. The third kappa shape index (κ3) is 2.40. The lowest BCUT2D eigenvalue weighted by Crippen LogP contribution is -2.48. The lowest BCUT2D eigenvalue weighted by atomic mass is 10.0. The SMILES string of the molecule is COc1ccc(-n2cnc3cc(C(=O)N4CC(C)C4)cnc32)cc1. The first-order valence-corrected chi connectivity index (χ1v) is 7.92. The minimum absolute atomic E-state index is 0.0292. The summed E-state index contributed by atoms with van der Waals surface area (Å²) in [7, 11) is 1.64. The number of fused-ring (bicyclic) bond motifs is 1. The zero-order valence-electron chi connectivity index (χ0n) is 13.6. The summed E-state index contributed by atoms with van der Waals surface area (Å²) in [6, 6.07) is 9.49. The van der Waals surface area contributed by atoms with Crippen molar-refractivity contribution < 1.29 is 9.53 Å². The number of carbonyl (C=O) groups is 1. The Labute approximate surface area is 139 Å². The minimum Gasteiger partial charge on any atom is -0.497 e. The standard InChI is InChI=1S/C18H18N4O2/c1-12-9-21(10-12)18(23)13-7-16-17(19-8-13)22(11-20-16)14-3-5-15(24-2)6-4-14/h3-8,11-12H,9-10H2,1-2H3. The fourth-order valence-electron chi connectivity index (χ4n) is 3.00. The van der Waals surface area contributed by atoms with E-state index in [-0.39, 0.29) is 5.91 Å². The zero-order chi connectivity index (χ0) is 16.7. The Bertz CT molecular complexity index is 895. The molecule has 0 spiro atoms. The van der Waals surface area contributed by atoms with Gasteiger partial charge >= 0.3 is 0 Å². The molecule has 0 saturated carbocycles. The van der Waals surface area contributed by atoms with Gasteiger partial charge in [0.05, 0.1) is 12.7 Å². The van der Waals surface area contributed by atoms with Crippen molar-refractivity contribution in [3.63, 3.8) is 0 Å². The highest BCUT2D eigenvalue weighted by Crippen LogP contribution is 2.22. The molecule has 3 aromatic rings. The Morgan fingerprint density at radius 1 is 1.21 bits per heavy atom. The molecule has 0 atom stereocenters. The number of aromatic nitrogens is 3. The second-order valence-electron chi connectivity index (χ2n) is 6.19. The molecule has 0 radical (unpaired) electrons. The number of benzene rings is 1. The van der Waals surface area contributed by atoms with Crippen LogP contribution < -0.4 is 4.74 Å². The van der Waals surface area contributed by atoms with Gasteiger partial charge in [-0.2, -0.15) is 0 Å². The van der Waals surface area contributed by atoms with Gasteiger partial charge in [-0.1, -0.05) is 6.92 Å². The molecule has 1 aromatic carbocycles. The number of hydrogen-bond acceptors (Lipinski definition) is 4. The van der Waals surface area contributed by atoms with Crippen LogP contribution >= 0.6 is 0 Å². The number of nitrogens with zero attached hydrogens (tertiary/aromatic N) is 4. The number of ether oxygens (including phenoxy) is 1. The van der Waals surface area contributed by atoms with Crippen LogP contribution in [0.3, 0.4) is 0 Å². The predicted octanol–water partition coefficient (Wildman–Crippen LogP) is 2.52. The molecule has 4 rings (SSSR count). The fourth-order valence-corrected chi connectivity index (χ4v) is 3.00. The maximum Gasteiger partial charge on any atom is 0.255 e. The van der Waals surface area contributed by atoms with Gasteiger partial charge in [-0.05, 0) is 36.2 Å². The van der Waals surface area contributed by atoms with Crippen LogP contribution in [0.1, 0.15) is 17.3 Å². The highest BCUT2D eigenvalue weighted by atomic mass is 16.5. The van der Waals surface area contributed by atoms with E-state index >= 15 is 0 Å². The number of likely N-dealkylation sites (tertiary alicyclic amines) is 1. The molecule has 0 N–H and O–H groups in total. The van der Waals surface area contributed by atoms with Crippen LogP contribution in [0.2, 0.25) is 0 Å². The lowest BCUT2D eigenvalue weighted by molar-refractivity contribution is 0.0530. The van der Waals surface area contributed by atoms with E-state index in [2.05, 4.69) is 16.9 Å². The van der Waals surface area contributed by atoms with Crippen molar-refractivity contribution in [3.05, 3.63) is 48.4 Å². The summed E-state index contributed by atoms with van der Waals surface area (Å²) in [6.45, 7) is 3.77. The third-order valence-electron chi connectivity index (χ3n) is 4.34. The fraction of sp³-hybridized carbons (Fsp3) is 0.278. The van der Waals surface area contributed by atoms with Crippen molar-refractivity contribution in [1.29, 1.82) is 0 Å². The van der Waals surface area contributed by atoms with Crippen LogP contribution in [0, 0.1) is 5.92 Å². The van der Waals surface area contributed by atoms with Crippen LogP contribution in [0.4, 0.5) is 0 Å². The summed E-state index contributed by atoms with van der Waals surface area (Å²) in [6.07, 6.45) is 3.36. The molecular formula is C18H18N4O2. The summed E-state index contributed by atoms with van der Waals surface area (Å²) in [5.41, 5.74) is 2.98. The number of pyridine rings is 1. The van der Waals surface area contributed by atoms with Gasteiger partial charge in [0, 0.05) is 25.0 Å². The van der Waals surface area contributed by atoms with Gasteiger partial charge in [-0.15, -0.1) is 0 Å². The van der Waals surface area contributed by atoms with Crippen molar-refractivity contribution >= 4 is 17.1 Å². The Morgan fingerprint density at radius 3 is 2.62 bits per heavy atom. The Balaban J connectivity index is 1.66. The van der Waals surface area contributed by atoms with E-state index in [4.69, 9.17) is 4.74 Å². The Kier molecular flexibility index (Phi) is 3.45. The number of imidazole rings is 1.